The van der Waals surface area contributed by atoms with E-state index in [1.165, 1.54) is 18.6 Å². The van der Waals surface area contributed by atoms with Gasteiger partial charge in [-0.05, 0) is 48.9 Å². The first-order valence-electron chi connectivity index (χ1n) is 13.2. The van der Waals surface area contributed by atoms with Gasteiger partial charge in [0.15, 0.2) is 0 Å². The Labute approximate surface area is 230 Å². The zero-order valence-corrected chi connectivity index (χ0v) is 21.9. The van der Waals surface area contributed by atoms with E-state index in [2.05, 4.69) is 56.1 Å². The Morgan fingerprint density at radius 3 is 2.48 bits per heavy atom. The molecule has 8 rings (SSSR count). The molecule has 40 heavy (non-hydrogen) atoms. The fourth-order valence-corrected chi connectivity index (χ4v) is 5.78. The van der Waals surface area contributed by atoms with Crippen LogP contribution in [0.4, 0.5) is 10.2 Å². The van der Waals surface area contributed by atoms with E-state index in [0.717, 1.165) is 52.2 Å². The van der Waals surface area contributed by atoms with Gasteiger partial charge in [0, 0.05) is 78.6 Å². The van der Waals surface area contributed by atoms with Crippen LogP contribution < -0.4 is 4.90 Å². The third-order valence-electron chi connectivity index (χ3n) is 7.84. The maximum atomic E-state index is 13.1. The lowest BCUT2D eigenvalue weighted by molar-refractivity contribution is 0.0125. The van der Waals surface area contributed by atoms with Crippen molar-refractivity contribution in [3.05, 3.63) is 90.4 Å². The quantitative estimate of drug-likeness (QED) is 0.327. The number of fused-ring (bicyclic) bond motifs is 3. The molecular weight excluding hydrogens is 503 g/mol. The molecule has 8 nitrogen and oxygen atoms in total. The first kappa shape index (κ1) is 24.1. The van der Waals surface area contributed by atoms with Crippen molar-refractivity contribution in [3.63, 3.8) is 0 Å². The van der Waals surface area contributed by atoms with Gasteiger partial charge in [0.05, 0.1) is 30.0 Å². The number of aryl methyl sites for hydroxylation is 1. The summed E-state index contributed by atoms with van der Waals surface area (Å²) in [6.07, 6.45) is 10.4. The number of nitriles is 1. The Morgan fingerprint density at radius 2 is 1.77 bits per heavy atom. The zero-order chi connectivity index (χ0) is 27.2. The summed E-state index contributed by atoms with van der Waals surface area (Å²) >= 11 is 0. The Morgan fingerprint density at radius 1 is 0.950 bits per heavy atom. The molecule has 2 unspecified atom stereocenters. The van der Waals surface area contributed by atoms with Gasteiger partial charge in [-0.2, -0.15) is 15.5 Å². The van der Waals surface area contributed by atoms with Gasteiger partial charge in [-0.1, -0.05) is 11.8 Å². The summed E-state index contributed by atoms with van der Waals surface area (Å²) in [6.45, 7) is 2.52. The van der Waals surface area contributed by atoms with Crippen LogP contribution in [-0.2, 0) is 7.05 Å². The highest BCUT2D eigenvalue weighted by Gasteiger charge is 2.44. The molecule has 1 aromatic carbocycles. The second-order valence-electron chi connectivity index (χ2n) is 10.3. The fourth-order valence-electron chi connectivity index (χ4n) is 5.78. The van der Waals surface area contributed by atoms with Gasteiger partial charge in [-0.25, -0.2) is 13.9 Å². The normalized spacial score (nSPS) is 18.2. The smallest absolute Gasteiger partial charge is 0.128 e. The number of rotatable bonds is 4. The Balaban J connectivity index is 1.10. The molecule has 3 fully saturated rings. The van der Waals surface area contributed by atoms with E-state index in [1.807, 2.05) is 31.8 Å². The summed E-state index contributed by atoms with van der Waals surface area (Å²) in [5.41, 5.74) is 5.89. The number of hydrogen-bond donors (Lipinski definition) is 0. The molecule has 5 aromatic rings. The molecule has 0 amide bonds. The molecule has 7 heterocycles. The van der Waals surface area contributed by atoms with E-state index >= 15 is 0 Å². The molecule has 196 valence electrons. The number of benzene rings is 1. The van der Waals surface area contributed by atoms with Crippen molar-refractivity contribution in [2.45, 2.75) is 18.5 Å². The van der Waals surface area contributed by atoms with Crippen molar-refractivity contribution >= 4 is 11.3 Å². The number of pyridine rings is 2. The van der Waals surface area contributed by atoms with Gasteiger partial charge in [-0.3, -0.25) is 9.58 Å². The molecule has 2 atom stereocenters. The average molecular weight is 529 g/mol. The highest BCUT2D eigenvalue weighted by atomic mass is 19.1. The Kier molecular flexibility index (Phi) is 5.80. The van der Waals surface area contributed by atoms with E-state index in [9.17, 15) is 9.65 Å². The van der Waals surface area contributed by atoms with E-state index in [1.54, 1.807) is 27.5 Å². The predicted molar refractivity (Wildman–Crippen MR) is 150 cm³/mol. The van der Waals surface area contributed by atoms with Gasteiger partial charge in [-0.15, -0.1) is 0 Å². The van der Waals surface area contributed by atoms with Crippen LogP contribution in [0.2, 0.25) is 0 Å². The van der Waals surface area contributed by atoms with Crippen molar-refractivity contribution in [1.29, 1.82) is 5.26 Å². The average Bonchev–Trinajstić information content (AvgIpc) is 3.62. The number of piperazine rings is 1. The van der Waals surface area contributed by atoms with Crippen LogP contribution in [0.5, 0.6) is 0 Å². The largest absolute Gasteiger partial charge is 0.353 e. The van der Waals surface area contributed by atoms with Crippen molar-refractivity contribution in [1.82, 2.24) is 29.3 Å². The van der Waals surface area contributed by atoms with Crippen molar-refractivity contribution in [2.75, 3.05) is 24.5 Å². The van der Waals surface area contributed by atoms with Gasteiger partial charge >= 0.3 is 0 Å². The number of hydrogen-bond acceptors (Lipinski definition) is 6. The lowest BCUT2D eigenvalue weighted by atomic mass is 9.87. The fraction of sp³-hybridized carbons (Fsp3) is 0.226. The van der Waals surface area contributed by atoms with Crippen LogP contribution in [0.15, 0.2) is 73.4 Å². The molecule has 3 aliphatic rings. The number of halogens is 1. The van der Waals surface area contributed by atoms with Crippen LogP contribution in [0, 0.1) is 29.0 Å². The van der Waals surface area contributed by atoms with Crippen LogP contribution in [0.1, 0.15) is 17.5 Å². The molecule has 0 saturated carbocycles. The molecule has 2 bridgehead atoms. The minimum atomic E-state index is -0.245. The van der Waals surface area contributed by atoms with E-state index in [-0.39, 0.29) is 5.82 Å². The number of anilines is 1. The van der Waals surface area contributed by atoms with Crippen LogP contribution in [-0.4, -0.2) is 61.0 Å². The minimum Gasteiger partial charge on any atom is -0.353 e. The SMILES string of the molecule is Cn1cc(-c2cc(-c3ccc(N4CC5CC(C4)N5CC#Cc4ccc(F)cc4)nc3)c3c(C#N)cnn3c2)cn1. The molecule has 3 aliphatic heterocycles. The second-order valence-corrected chi connectivity index (χ2v) is 10.3. The maximum Gasteiger partial charge on any atom is 0.128 e. The van der Waals surface area contributed by atoms with E-state index < -0.39 is 0 Å². The zero-order valence-electron chi connectivity index (χ0n) is 21.9. The van der Waals surface area contributed by atoms with Gasteiger partial charge in [0.1, 0.15) is 17.7 Å². The lowest BCUT2D eigenvalue weighted by Gasteiger charge is -2.56. The summed E-state index contributed by atoms with van der Waals surface area (Å²) in [7, 11) is 1.89. The summed E-state index contributed by atoms with van der Waals surface area (Å²) in [4.78, 5) is 9.63. The third-order valence-corrected chi connectivity index (χ3v) is 7.84. The van der Waals surface area contributed by atoms with E-state index in [4.69, 9.17) is 4.98 Å². The van der Waals surface area contributed by atoms with Gasteiger partial charge in [0.2, 0.25) is 0 Å². The highest BCUT2D eigenvalue weighted by molar-refractivity contribution is 5.87. The standard InChI is InChI=1S/C31H25FN8/c1-37-17-25(16-35-37)23-11-29(31-24(13-33)15-36-40(31)18-23)22-6-9-30(34-14-22)38-19-27-12-28(20-38)39(27)10-2-3-21-4-7-26(32)8-5-21/h4-9,11,14-18,27-28H,10,12,19-20H2,1H3. The van der Waals surface area contributed by atoms with E-state index in [0.29, 0.717) is 24.2 Å². The second kappa shape index (κ2) is 9.64. The Hall–Kier alpha value is -4.99. The van der Waals surface area contributed by atoms with Gasteiger partial charge < -0.3 is 4.90 Å². The summed E-state index contributed by atoms with van der Waals surface area (Å²) in [5, 5.41) is 18.4. The topological polar surface area (TPSA) is 78.3 Å². The lowest BCUT2D eigenvalue weighted by Crippen LogP contribution is -2.68. The number of aromatic nitrogens is 5. The van der Waals surface area contributed by atoms with Crippen molar-refractivity contribution in [2.24, 2.45) is 7.05 Å². The number of nitrogens with zero attached hydrogens (tertiary/aromatic N) is 8. The summed E-state index contributed by atoms with van der Waals surface area (Å²) in [5.74, 6) is 7.10. The molecule has 0 N–H and O–H groups in total. The minimum absolute atomic E-state index is 0.245. The monoisotopic (exact) mass is 528 g/mol. The number of piperidine rings is 1. The van der Waals surface area contributed by atoms with Crippen molar-refractivity contribution in [3.8, 4) is 40.2 Å². The van der Waals surface area contributed by atoms with Crippen LogP contribution >= 0.6 is 0 Å². The predicted octanol–water partition coefficient (Wildman–Crippen LogP) is 4.12. The summed E-state index contributed by atoms with van der Waals surface area (Å²) in [6, 6.07) is 15.7. The molecule has 4 aromatic heterocycles. The molecule has 0 radical (unpaired) electrons. The first-order valence-corrected chi connectivity index (χ1v) is 13.2. The maximum absolute atomic E-state index is 13.1. The van der Waals surface area contributed by atoms with Crippen LogP contribution in [0.25, 0.3) is 27.8 Å². The van der Waals surface area contributed by atoms with Crippen LogP contribution in [0.3, 0.4) is 0 Å². The van der Waals surface area contributed by atoms with Gasteiger partial charge in [0.25, 0.3) is 0 Å². The molecule has 9 heteroatoms. The highest BCUT2D eigenvalue weighted by Crippen LogP contribution is 2.35. The summed E-state index contributed by atoms with van der Waals surface area (Å²) < 4.78 is 16.6. The van der Waals surface area contributed by atoms with Crippen molar-refractivity contribution < 1.29 is 4.39 Å². The first-order chi connectivity index (χ1) is 19.6. The Bertz CT molecular complexity index is 1810. The molecule has 0 aliphatic carbocycles. The third kappa shape index (κ3) is 4.27. The molecule has 0 spiro atoms. The molecule has 3 saturated heterocycles. The molecular formula is C31H25FN8.